The molecule has 2 atom stereocenters. The fourth-order valence-electron chi connectivity index (χ4n) is 2.77. The van der Waals surface area contributed by atoms with Gasteiger partial charge in [0, 0.05) is 0 Å². The van der Waals surface area contributed by atoms with Crippen molar-refractivity contribution in [3.63, 3.8) is 0 Å². The number of aromatic hydroxyl groups is 1. The van der Waals surface area contributed by atoms with E-state index in [1.165, 1.54) is 12.0 Å². The zero-order valence-corrected chi connectivity index (χ0v) is 13.7. The van der Waals surface area contributed by atoms with Crippen LogP contribution in [0.2, 0.25) is 0 Å². The van der Waals surface area contributed by atoms with Crippen LogP contribution in [0.25, 0.3) is 0 Å². The highest BCUT2D eigenvalue weighted by Gasteiger charge is 2.43. The van der Waals surface area contributed by atoms with E-state index in [4.69, 9.17) is 9.47 Å². The molecule has 6 heteroatoms. The second kappa shape index (κ2) is 7.35. The Morgan fingerprint density at radius 1 is 1.26 bits per heavy atom. The largest absolute Gasteiger partial charge is 0.508 e. The predicted octanol–water partition coefficient (Wildman–Crippen LogP) is 2.86. The van der Waals surface area contributed by atoms with E-state index in [-0.39, 0.29) is 17.7 Å². The molecule has 6 nitrogen and oxygen atoms in total. The summed E-state index contributed by atoms with van der Waals surface area (Å²) in [6.45, 7) is 4.20. The Balaban J connectivity index is 2.24. The average molecular weight is 321 g/mol. The first-order chi connectivity index (χ1) is 10.9. The van der Waals surface area contributed by atoms with E-state index in [2.05, 4.69) is 0 Å². The fraction of sp³-hybridized carbons (Fsp3) is 0.529. The summed E-state index contributed by atoms with van der Waals surface area (Å²) >= 11 is 0. The Bertz CT molecular complexity index is 555. The Labute approximate surface area is 136 Å². The van der Waals surface area contributed by atoms with Crippen molar-refractivity contribution in [3.05, 3.63) is 29.8 Å². The smallest absolute Gasteiger partial charge is 0.411 e. The summed E-state index contributed by atoms with van der Waals surface area (Å²) in [6.07, 6.45) is 0.653. The Morgan fingerprint density at radius 3 is 2.48 bits per heavy atom. The lowest BCUT2D eigenvalue weighted by atomic mass is 10.0. The summed E-state index contributed by atoms with van der Waals surface area (Å²) in [5.41, 5.74) is 0.857. The fourth-order valence-corrected chi connectivity index (χ4v) is 2.77. The van der Waals surface area contributed by atoms with E-state index in [1.807, 2.05) is 13.8 Å². The number of rotatable bonds is 4. The molecule has 1 amide bonds. The van der Waals surface area contributed by atoms with Gasteiger partial charge in [0.05, 0.1) is 19.8 Å². The summed E-state index contributed by atoms with van der Waals surface area (Å²) < 4.78 is 10.1. The van der Waals surface area contributed by atoms with Crippen LogP contribution in [-0.2, 0) is 14.3 Å². The number of hydrogen-bond acceptors (Lipinski definition) is 5. The molecular weight excluding hydrogens is 298 g/mol. The molecule has 2 rings (SSSR count). The first-order valence-corrected chi connectivity index (χ1v) is 7.76. The number of benzene rings is 1. The van der Waals surface area contributed by atoms with Crippen LogP contribution in [-0.4, -0.2) is 41.8 Å². The second-order valence-electron chi connectivity index (χ2n) is 6.10. The molecule has 1 aliphatic heterocycles. The van der Waals surface area contributed by atoms with Crippen molar-refractivity contribution in [1.29, 1.82) is 0 Å². The number of nitrogens with zero attached hydrogens (tertiary/aromatic N) is 1. The number of ether oxygens (including phenoxy) is 2. The van der Waals surface area contributed by atoms with Crippen LogP contribution in [0.15, 0.2) is 24.3 Å². The SMILES string of the molecule is COC(=O)C1CCC(c2ccc(O)cc2)N1C(=O)OCC(C)C. The van der Waals surface area contributed by atoms with E-state index in [1.54, 1.807) is 24.3 Å². The maximum Gasteiger partial charge on any atom is 0.411 e. The summed E-state index contributed by atoms with van der Waals surface area (Å²) in [7, 11) is 1.31. The molecule has 0 aliphatic carbocycles. The summed E-state index contributed by atoms with van der Waals surface area (Å²) in [4.78, 5) is 25.9. The van der Waals surface area contributed by atoms with Gasteiger partial charge < -0.3 is 14.6 Å². The minimum Gasteiger partial charge on any atom is -0.508 e. The molecule has 0 spiro atoms. The van der Waals surface area contributed by atoms with Crippen molar-refractivity contribution < 1.29 is 24.2 Å². The van der Waals surface area contributed by atoms with Crippen molar-refractivity contribution >= 4 is 12.1 Å². The lowest BCUT2D eigenvalue weighted by Crippen LogP contribution is -2.43. The quantitative estimate of drug-likeness (QED) is 0.863. The Hall–Kier alpha value is -2.24. The van der Waals surface area contributed by atoms with Gasteiger partial charge in [-0.05, 0) is 36.5 Å². The number of likely N-dealkylation sites (tertiary alicyclic amines) is 1. The molecule has 1 heterocycles. The first kappa shape index (κ1) is 17.1. The van der Waals surface area contributed by atoms with Crippen molar-refractivity contribution in [2.45, 2.75) is 38.8 Å². The number of carbonyl (C=O) groups is 2. The first-order valence-electron chi connectivity index (χ1n) is 7.76. The lowest BCUT2D eigenvalue weighted by Gasteiger charge is -2.28. The number of methoxy groups -OCH3 is 1. The third-order valence-corrected chi connectivity index (χ3v) is 3.89. The van der Waals surface area contributed by atoms with E-state index < -0.39 is 18.1 Å². The molecule has 1 aromatic rings. The van der Waals surface area contributed by atoms with Crippen LogP contribution < -0.4 is 0 Å². The van der Waals surface area contributed by atoms with Gasteiger partial charge in [0.2, 0.25) is 0 Å². The lowest BCUT2D eigenvalue weighted by molar-refractivity contribution is -0.145. The molecule has 1 aromatic carbocycles. The van der Waals surface area contributed by atoms with Crippen LogP contribution in [0.5, 0.6) is 5.75 Å². The average Bonchev–Trinajstić information content (AvgIpc) is 2.97. The molecule has 0 bridgehead atoms. The highest BCUT2D eigenvalue weighted by atomic mass is 16.6. The van der Waals surface area contributed by atoms with Gasteiger partial charge in [0.1, 0.15) is 11.8 Å². The summed E-state index contributed by atoms with van der Waals surface area (Å²) in [5, 5.41) is 9.42. The molecular formula is C17H23NO5. The molecule has 1 N–H and O–H groups in total. The van der Waals surface area contributed by atoms with Crippen LogP contribution in [0.1, 0.15) is 38.3 Å². The van der Waals surface area contributed by atoms with Crippen molar-refractivity contribution in [3.8, 4) is 5.75 Å². The molecule has 2 unspecified atom stereocenters. The maximum absolute atomic E-state index is 12.5. The molecule has 0 aromatic heterocycles. The predicted molar refractivity (Wildman–Crippen MR) is 83.9 cm³/mol. The van der Waals surface area contributed by atoms with Crippen LogP contribution in [0.4, 0.5) is 4.79 Å². The third-order valence-electron chi connectivity index (χ3n) is 3.89. The van der Waals surface area contributed by atoms with Gasteiger partial charge in [-0.2, -0.15) is 0 Å². The molecule has 1 saturated heterocycles. The number of phenolic OH excluding ortho intramolecular Hbond substituents is 1. The normalized spacial score (nSPS) is 20.6. The van der Waals surface area contributed by atoms with Crippen LogP contribution in [0, 0.1) is 5.92 Å². The number of phenols is 1. The van der Waals surface area contributed by atoms with E-state index in [0.717, 1.165) is 5.56 Å². The van der Waals surface area contributed by atoms with E-state index >= 15 is 0 Å². The standard InChI is InChI=1S/C17H23NO5/c1-11(2)10-23-17(21)18-14(8-9-15(18)16(20)22-3)12-4-6-13(19)7-5-12/h4-7,11,14-15,19H,8-10H2,1-3H3. The maximum atomic E-state index is 12.5. The van der Waals surface area contributed by atoms with Gasteiger partial charge in [-0.25, -0.2) is 9.59 Å². The van der Waals surface area contributed by atoms with Crippen molar-refractivity contribution in [2.75, 3.05) is 13.7 Å². The van der Waals surface area contributed by atoms with E-state index in [9.17, 15) is 14.7 Å². The zero-order chi connectivity index (χ0) is 17.0. The summed E-state index contributed by atoms with van der Waals surface area (Å²) in [6, 6.07) is 5.74. The van der Waals surface area contributed by atoms with Crippen molar-refractivity contribution in [1.82, 2.24) is 4.90 Å². The highest BCUT2D eigenvalue weighted by Crippen LogP contribution is 2.37. The van der Waals surface area contributed by atoms with Gasteiger partial charge in [0.15, 0.2) is 0 Å². The minimum atomic E-state index is -0.640. The van der Waals surface area contributed by atoms with Crippen LogP contribution in [0.3, 0.4) is 0 Å². The Kier molecular flexibility index (Phi) is 5.47. The second-order valence-corrected chi connectivity index (χ2v) is 6.10. The monoisotopic (exact) mass is 321 g/mol. The van der Waals surface area contributed by atoms with Gasteiger partial charge in [0.25, 0.3) is 0 Å². The molecule has 1 fully saturated rings. The van der Waals surface area contributed by atoms with Gasteiger partial charge in [-0.3, -0.25) is 4.90 Å². The highest BCUT2D eigenvalue weighted by molar-refractivity contribution is 5.82. The van der Waals surface area contributed by atoms with Gasteiger partial charge in [-0.15, -0.1) is 0 Å². The molecule has 23 heavy (non-hydrogen) atoms. The van der Waals surface area contributed by atoms with Crippen LogP contribution >= 0.6 is 0 Å². The Morgan fingerprint density at radius 2 is 1.91 bits per heavy atom. The third kappa shape index (κ3) is 3.94. The molecule has 0 saturated carbocycles. The van der Waals surface area contributed by atoms with E-state index in [0.29, 0.717) is 19.4 Å². The minimum absolute atomic E-state index is 0.158. The topological polar surface area (TPSA) is 76.1 Å². The number of esters is 1. The van der Waals surface area contributed by atoms with Gasteiger partial charge >= 0.3 is 12.1 Å². The molecule has 126 valence electrons. The zero-order valence-electron chi connectivity index (χ0n) is 13.7. The number of hydrogen-bond donors (Lipinski definition) is 1. The number of carbonyl (C=O) groups excluding carboxylic acids is 2. The summed E-state index contributed by atoms with van der Waals surface area (Å²) in [5.74, 6) is -0.0665. The molecule has 1 aliphatic rings. The van der Waals surface area contributed by atoms with Gasteiger partial charge in [-0.1, -0.05) is 26.0 Å². The molecule has 0 radical (unpaired) electrons. The van der Waals surface area contributed by atoms with Crippen molar-refractivity contribution in [2.24, 2.45) is 5.92 Å². The number of amides is 1.